The van der Waals surface area contributed by atoms with Crippen LogP contribution in [-0.2, 0) is 9.47 Å². The molecule has 0 amide bonds. The molecule has 0 saturated carbocycles. The van der Waals surface area contributed by atoms with E-state index in [1.165, 1.54) is 5.57 Å². The predicted octanol–water partition coefficient (Wildman–Crippen LogP) is 3.25. The van der Waals surface area contributed by atoms with Crippen LogP contribution in [0, 0.1) is 0 Å². The molecule has 1 N–H and O–H groups in total. The second kappa shape index (κ2) is 7.80. The molecule has 3 heteroatoms. The molecular formula is C15H29NO2. The van der Waals surface area contributed by atoms with Gasteiger partial charge in [-0.05, 0) is 44.7 Å². The van der Waals surface area contributed by atoms with Crippen molar-refractivity contribution in [2.24, 2.45) is 0 Å². The molecule has 0 saturated heterocycles. The van der Waals surface area contributed by atoms with Crippen molar-refractivity contribution in [1.29, 1.82) is 0 Å². The summed E-state index contributed by atoms with van der Waals surface area (Å²) in [5, 5.41) is 3.61. The summed E-state index contributed by atoms with van der Waals surface area (Å²) in [6.45, 7) is 11.2. The van der Waals surface area contributed by atoms with Crippen LogP contribution in [0.15, 0.2) is 11.8 Å². The zero-order valence-corrected chi connectivity index (χ0v) is 12.4. The summed E-state index contributed by atoms with van der Waals surface area (Å²) in [6, 6.07) is 0.276. The molecule has 0 radical (unpaired) electrons. The van der Waals surface area contributed by atoms with Gasteiger partial charge in [0, 0.05) is 6.61 Å². The van der Waals surface area contributed by atoms with Gasteiger partial charge in [0.05, 0.1) is 24.5 Å². The van der Waals surface area contributed by atoms with Gasteiger partial charge in [0.2, 0.25) is 0 Å². The van der Waals surface area contributed by atoms with Gasteiger partial charge in [-0.3, -0.25) is 0 Å². The number of hydrogen-bond donors (Lipinski definition) is 1. The third-order valence-corrected chi connectivity index (χ3v) is 3.90. The van der Waals surface area contributed by atoms with Crippen LogP contribution < -0.4 is 5.32 Å². The largest absolute Gasteiger partial charge is 0.501 e. The Morgan fingerprint density at radius 3 is 2.50 bits per heavy atom. The molecule has 0 aliphatic carbocycles. The maximum Gasteiger partial charge on any atom is 0.0876 e. The summed E-state index contributed by atoms with van der Waals surface area (Å²) in [5.74, 6) is 0. The van der Waals surface area contributed by atoms with Crippen LogP contribution in [0.3, 0.4) is 0 Å². The summed E-state index contributed by atoms with van der Waals surface area (Å²) in [4.78, 5) is 0. The van der Waals surface area contributed by atoms with E-state index in [1.54, 1.807) is 0 Å². The number of likely N-dealkylation sites (N-methyl/N-ethyl adjacent to an activating group) is 1. The minimum Gasteiger partial charge on any atom is -0.501 e. The van der Waals surface area contributed by atoms with Gasteiger partial charge in [-0.1, -0.05) is 20.8 Å². The zero-order chi connectivity index (χ0) is 13.4. The minimum absolute atomic E-state index is 0.0999. The van der Waals surface area contributed by atoms with Gasteiger partial charge in [-0.2, -0.15) is 0 Å². The van der Waals surface area contributed by atoms with Crippen LogP contribution >= 0.6 is 0 Å². The molecule has 0 spiro atoms. The van der Waals surface area contributed by atoms with Gasteiger partial charge in [-0.25, -0.2) is 0 Å². The molecule has 106 valence electrons. The van der Waals surface area contributed by atoms with Gasteiger partial charge in [-0.15, -0.1) is 0 Å². The SMILES string of the molecule is CCNC(C1=COCCC1)C(CC)(CC)OCC. The molecule has 1 atom stereocenters. The molecule has 3 nitrogen and oxygen atoms in total. The average molecular weight is 255 g/mol. The average Bonchev–Trinajstić information content (AvgIpc) is 2.44. The lowest BCUT2D eigenvalue weighted by molar-refractivity contribution is -0.0651. The van der Waals surface area contributed by atoms with E-state index >= 15 is 0 Å². The minimum atomic E-state index is -0.0999. The summed E-state index contributed by atoms with van der Waals surface area (Å²) in [6.07, 6.45) is 6.23. The van der Waals surface area contributed by atoms with Crippen molar-refractivity contribution in [3.8, 4) is 0 Å². The quantitative estimate of drug-likeness (QED) is 0.722. The van der Waals surface area contributed by atoms with Crippen molar-refractivity contribution in [1.82, 2.24) is 5.32 Å². The maximum absolute atomic E-state index is 6.14. The van der Waals surface area contributed by atoms with E-state index < -0.39 is 0 Å². The molecule has 0 aromatic heterocycles. The fourth-order valence-electron chi connectivity index (χ4n) is 2.89. The van der Waals surface area contributed by atoms with Gasteiger partial charge in [0.25, 0.3) is 0 Å². The van der Waals surface area contributed by atoms with Crippen molar-refractivity contribution < 1.29 is 9.47 Å². The summed E-state index contributed by atoms with van der Waals surface area (Å²) < 4.78 is 11.7. The standard InChI is InChI=1S/C15H29NO2/c1-5-15(6-2,18-8-4)14(16-7-3)13-10-9-11-17-12-13/h12,14,16H,5-11H2,1-4H3. The molecule has 1 aliphatic heterocycles. The molecule has 18 heavy (non-hydrogen) atoms. The Labute approximate surface area is 112 Å². The molecule has 1 unspecified atom stereocenters. The highest BCUT2D eigenvalue weighted by Crippen LogP contribution is 2.32. The molecule has 0 bridgehead atoms. The van der Waals surface area contributed by atoms with Crippen LogP contribution in [0.4, 0.5) is 0 Å². The normalized spacial score (nSPS) is 18.1. The third kappa shape index (κ3) is 3.48. The first-order valence-electron chi connectivity index (χ1n) is 7.41. The van der Waals surface area contributed by atoms with Gasteiger partial charge in [0.15, 0.2) is 0 Å². The first-order valence-corrected chi connectivity index (χ1v) is 7.41. The van der Waals surface area contributed by atoms with Crippen LogP contribution in [-0.4, -0.2) is 31.4 Å². The number of nitrogens with one attached hydrogen (secondary N) is 1. The Bertz CT molecular complexity index is 259. The first-order chi connectivity index (χ1) is 8.74. The Balaban J connectivity index is 2.94. The van der Waals surface area contributed by atoms with Crippen LogP contribution in [0.25, 0.3) is 0 Å². The van der Waals surface area contributed by atoms with Crippen molar-refractivity contribution in [2.75, 3.05) is 19.8 Å². The van der Waals surface area contributed by atoms with E-state index in [1.807, 2.05) is 6.26 Å². The van der Waals surface area contributed by atoms with Crippen molar-refractivity contribution in [3.05, 3.63) is 11.8 Å². The Hall–Kier alpha value is -0.540. The number of rotatable bonds is 8. The van der Waals surface area contributed by atoms with Crippen LogP contribution in [0.5, 0.6) is 0 Å². The fraction of sp³-hybridized carbons (Fsp3) is 0.867. The van der Waals surface area contributed by atoms with Crippen molar-refractivity contribution in [3.63, 3.8) is 0 Å². The van der Waals surface area contributed by atoms with E-state index in [4.69, 9.17) is 9.47 Å². The van der Waals surface area contributed by atoms with E-state index in [-0.39, 0.29) is 11.6 Å². The highest BCUT2D eigenvalue weighted by Gasteiger charge is 2.38. The van der Waals surface area contributed by atoms with Crippen molar-refractivity contribution in [2.45, 2.75) is 65.0 Å². The topological polar surface area (TPSA) is 30.5 Å². The molecule has 0 fully saturated rings. The highest BCUT2D eigenvalue weighted by molar-refractivity contribution is 5.17. The fourth-order valence-corrected chi connectivity index (χ4v) is 2.89. The van der Waals surface area contributed by atoms with Crippen LogP contribution in [0.1, 0.15) is 53.4 Å². The summed E-state index contributed by atoms with van der Waals surface area (Å²) in [7, 11) is 0. The molecule has 1 heterocycles. The lowest BCUT2D eigenvalue weighted by atomic mass is 9.82. The lowest BCUT2D eigenvalue weighted by Gasteiger charge is -2.41. The van der Waals surface area contributed by atoms with Gasteiger partial charge in [0.1, 0.15) is 0 Å². The van der Waals surface area contributed by atoms with Crippen molar-refractivity contribution >= 4 is 0 Å². The highest BCUT2D eigenvalue weighted by atomic mass is 16.5. The maximum atomic E-state index is 6.14. The zero-order valence-electron chi connectivity index (χ0n) is 12.4. The summed E-state index contributed by atoms with van der Waals surface area (Å²) in [5.41, 5.74) is 1.26. The molecule has 0 aromatic rings. The second-order valence-corrected chi connectivity index (χ2v) is 4.86. The number of ether oxygens (including phenoxy) is 2. The smallest absolute Gasteiger partial charge is 0.0876 e. The number of hydrogen-bond acceptors (Lipinski definition) is 3. The molecular weight excluding hydrogens is 226 g/mol. The molecule has 0 aromatic carbocycles. The Morgan fingerprint density at radius 1 is 1.33 bits per heavy atom. The van der Waals surface area contributed by atoms with E-state index in [2.05, 4.69) is 33.0 Å². The summed E-state index contributed by atoms with van der Waals surface area (Å²) >= 11 is 0. The third-order valence-electron chi connectivity index (χ3n) is 3.90. The molecule has 1 rings (SSSR count). The molecule has 1 aliphatic rings. The van der Waals surface area contributed by atoms with E-state index in [0.29, 0.717) is 0 Å². The monoisotopic (exact) mass is 255 g/mol. The lowest BCUT2D eigenvalue weighted by Crippen LogP contribution is -2.53. The second-order valence-electron chi connectivity index (χ2n) is 4.86. The Morgan fingerprint density at radius 2 is 2.06 bits per heavy atom. The van der Waals surface area contributed by atoms with E-state index in [9.17, 15) is 0 Å². The van der Waals surface area contributed by atoms with Gasteiger partial charge < -0.3 is 14.8 Å². The van der Waals surface area contributed by atoms with Gasteiger partial charge >= 0.3 is 0 Å². The van der Waals surface area contributed by atoms with Crippen LogP contribution in [0.2, 0.25) is 0 Å². The van der Waals surface area contributed by atoms with E-state index in [0.717, 1.165) is 45.4 Å². The first kappa shape index (κ1) is 15.5. The Kier molecular flexibility index (Phi) is 6.72. The predicted molar refractivity (Wildman–Crippen MR) is 75.7 cm³/mol.